The van der Waals surface area contributed by atoms with Crippen LogP contribution in [0.2, 0.25) is 0 Å². The Morgan fingerprint density at radius 1 is 1.45 bits per heavy atom. The molecule has 0 fully saturated rings. The molecule has 0 saturated carbocycles. The van der Waals surface area contributed by atoms with Gasteiger partial charge in [0, 0.05) is 0 Å². The van der Waals surface area contributed by atoms with Crippen molar-refractivity contribution in [3.05, 3.63) is 12.8 Å². The van der Waals surface area contributed by atoms with Gasteiger partial charge in [0.1, 0.15) is 0 Å². The molecule has 7 nitrogen and oxygen atoms in total. The van der Waals surface area contributed by atoms with Crippen LogP contribution in [0.4, 0.5) is 4.79 Å². The number of carbonyl (C=O) groups is 1. The van der Waals surface area contributed by atoms with Crippen LogP contribution < -0.4 is 0 Å². The van der Waals surface area contributed by atoms with Crippen molar-refractivity contribution in [2.75, 3.05) is 0 Å². The van der Waals surface area contributed by atoms with Crippen LogP contribution in [0, 0.1) is 0 Å². The van der Waals surface area contributed by atoms with E-state index in [9.17, 15) is 4.79 Å². The summed E-state index contributed by atoms with van der Waals surface area (Å²) < 4.78 is 35.3. The highest BCUT2D eigenvalue weighted by molar-refractivity contribution is 7.79. The van der Waals surface area contributed by atoms with Gasteiger partial charge in [-0.2, -0.15) is 8.42 Å². The highest BCUT2D eigenvalue weighted by Crippen LogP contribution is 1.70. The van der Waals surface area contributed by atoms with E-state index in [0.717, 1.165) is 6.26 Å². The van der Waals surface area contributed by atoms with E-state index < -0.39 is 16.6 Å². The van der Waals surface area contributed by atoms with Crippen molar-refractivity contribution in [3.8, 4) is 0 Å². The average Bonchev–Trinajstić information content (AvgIpc) is 1.58. The SMILES string of the molecule is C=COC(=O)O.O=S(=O)(O)O. The number of hydrogen-bond donors (Lipinski definition) is 3. The lowest BCUT2D eigenvalue weighted by Gasteiger charge is -1.81. The second-order valence-corrected chi connectivity index (χ2v) is 1.89. The van der Waals surface area contributed by atoms with E-state index in [-0.39, 0.29) is 0 Å². The van der Waals surface area contributed by atoms with Gasteiger partial charge in [-0.05, 0) is 0 Å². The number of ether oxygens (including phenoxy) is 1. The van der Waals surface area contributed by atoms with E-state index in [4.69, 9.17) is 22.6 Å². The van der Waals surface area contributed by atoms with E-state index in [1.807, 2.05) is 0 Å². The summed E-state index contributed by atoms with van der Waals surface area (Å²) in [7, 11) is -4.67. The van der Waals surface area contributed by atoms with Gasteiger partial charge < -0.3 is 9.84 Å². The Kier molecular flexibility index (Phi) is 6.44. The Morgan fingerprint density at radius 2 is 1.73 bits per heavy atom. The maximum atomic E-state index is 9.31. The summed E-state index contributed by atoms with van der Waals surface area (Å²) in [6.45, 7) is 3.00. The molecule has 0 saturated heterocycles. The molecule has 0 radical (unpaired) electrons. The Morgan fingerprint density at radius 3 is 1.73 bits per heavy atom. The standard InChI is InChI=1S/C3H4O3.H2O4S/c1-2-6-3(4)5;1-5(2,3)4/h2H,1H2,(H,4,5);(H2,1,2,3,4). The molecule has 3 N–H and O–H groups in total. The van der Waals surface area contributed by atoms with Gasteiger partial charge in [0.25, 0.3) is 0 Å². The second-order valence-electron chi connectivity index (χ2n) is 0.998. The van der Waals surface area contributed by atoms with Crippen LogP contribution in [-0.4, -0.2) is 28.8 Å². The molecule has 8 heteroatoms. The zero-order valence-electron chi connectivity index (χ0n) is 5.17. The van der Waals surface area contributed by atoms with Gasteiger partial charge in [-0.25, -0.2) is 4.79 Å². The molecule has 0 unspecified atom stereocenters. The van der Waals surface area contributed by atoms with Crippen LogP contribution in [0.25, 0.3) is 0 Å². The molecule has 0 heterocycles. The Balaban J connectivity index is 0. The molecule has 0 aliphatic heterocycles. The summed E-state index contributed by atoms with van der Waals surface area (Å²) >= 11 is 0. The third kappa shape index (κ3) is 119. The topological polar surface area (TPSA) is 121 Å². The average molecular weight is 186 g/mol. The van der Waals surface area contributed by atoms with E-state index in [2.05, 4.69) is 11.3 Å². The summed E-state index contributed by atoms with van der Waals surface area (Å²) in [4.78, 5) is 9.31. The van der Waals surface area contributed by atoms with Crippen molar-refractivity contribution in [3.63, 3.8) is 0 Å². The molecule has 11 heavy (non-hydrogen) atoms. The molecule has 0 aromatic carbocycles. The molecule has 0 aliphatic rings. The minimum absolute atomic E-state index is 0.850. The van der Waals surface area contributed by atoms with Crippen LogP contribution in [0.1, 0.15) is 0 Å². The maximum absolute atomic E-state index is 9.31. The van der Waals surface area contributed by atoms with E-state index in [0.29, 0.717) is 0 Å². The lowest BCUT2D eigenvalue weighted by atomic mass is 11.1. The summed E-state index contributed by atoms with van der Waals surface area (Å²) in [5, 5.41) is 7.62. The molecule has 0 amide bonds. The van der Waals surface area contributed by atoms with Gasteiger partial charge in [0.2, 0.25) is 0 Å². The molecule has 0 atom stereocenters. The summed E-state index contributed by atoms with van der Waals surface area (Å²) in [5.41, 5.74) is 0. The monoisotopic (exact) mass is 186 g/mol. The van der Waals surface area contributed by atoms with Crippen molar-refractivity contribution in [2.24, 2.45) is 0 Å². The molecule has 0 bridgehead atoms. The lowest BCUT2D eigenvalue weighted by Crippen LogP contribution is -1.89. The summed E-state index contributed by atoms with van der Waals surface area (Å²) in [6.07, 6.45) is -0.479. The van der Waals surface area contributed by atoms with Gasteiger partial charge >= 0.3 is 16.6 Å². The third-order valence-electron chi connectivity index (χ3n) is 0.184. The summed E-state index contributed by atoms with van der Waals surface area (Å²) in [5.74, 6) is 0. The Labute approximate surface area is 62.5 Å². The molecule has 0 aromatic rings. The van der Waals surface area contributed by atoms with Crippen molar-refractivity contribution in [2.45, 2.75) is 0 Å². The van der Waals surface area contributed by atoms with E-state index in [1.54, 1.807) is 0 Å². The van der Waals surface area contributed by atoms with Gasteiger partial charge in [-0.3, -0.25) is 9.11 Å². The molecule has 0 rings (SSSR count). The zero-order chi connectivity index (χ0) is 9.49. The third-order valence-corrected chi connectivity index (χ3v) is 0.184. The smallest absolute Gasteiger partial charge is 0.449 e. The molecular weight excluding hydrogens is 180 g/mol. The molecule has 0 spiro atoms. The van der Waals surface area contributed by atoms with Crippen LogP contribution in [0.3, 0.4) is 0 Å². The van der Waals surface area contributed by atoms with Crippen molar-refractivity contribution < 1.29 is 32.2 Å². The predicted molar refractivity (Wildman–Crippen MR) is 33.5 cm³/mol. The number of rotatable bonds is 1. The first kappa shape index (κ1) is 12.5. The Hall–Kier alpha value is -1.12. The predicted octanol–water partition coefficient (Wildman–Crippen LogP) is 0.172. The van der Waals surface area contributed by atoms with Gasteiger partial charge in [-0.15, -0.1) is 0 Å². The van der Waals surface area contributed by atoms with Crippen molar-refractivity contribution in [1.82, 2.24) is 0 Å². The fourth-order valence-corrected chi connectivity index (χ4v) is 0.0713. The van der Waals surface area contributed by atoms with Crippen LogP contribution >= 0.6 is 0 Å². The van der Waals surface area contributed by atoms with Crippen molar-refractivity contribution >= 4 is 16.6 Å². The Bertz CT molecular complexity index is 206. The van der Waals surface area contributed by atoms with E-state index >= 15 is 0 Å². The van der Waals surface area contributed by atoms with Crippen LogP contribution in [0.15, 0.2) is 12.8 Å². The maximum Gasteiger partial charge on any atom is 0.510 e. The van der Waals surface area contributed by atoms with E-state index in [1.165, 1.54) is 0 Å². The number of hydrogen-bond acceptors (Lipinski definition) is 4. The zero-order valence-corrected chi connectivity index (χ0v) is 5.98. The minimum Gasteiger partial charge on any atom is -0.449 e. The highest BCUT2D eigenvalue weighted by atomic mass is 32.3. The lowest BCUT2D eigenvalue weighted by molar-refractivity contribution is 0.128. The quantitative estimate of drug-likeness (QED) is 0.303. The molecule has 0 aromatic heterocycles. The first-order valence-electron chi connectivity index (χ1n) is 1.97. The van der Waals surface area contributed by atoms with Crippen molar-refractivity contribution in [1.29, 1.82) is 0 Å². The largest absolute Gasteiger partial charge is 0.510 e. The first-order chi connectivity index (χ1) is 4.77. The molecular formula is C3H6O7S. The highest BCUT2D eigenvalue weighted by Gasteiger charge is 1.84. The normalized spacial score (nSPS) is 8.91. The minimum atomic E-state index is -4.67. The second kappa shape index (κ2) is 5.65. The van der Waals surface area contributed by atoms with Crippen LogP contribution in [0.5, 0.6) is 0 Å². The fourth-order valence-electron chi connectivity index (χ4n) is 0.0713. The fraction of sp³-hybridized carbons (Fsp3) is 0. The van der Waals surface area contributed by atoms with Gasteiger partial charge in [-0.1, -0.05) is 6.58 Å². The van der Waals surface area contributed by atoms with Crippen LogP contribution in [-0.2, 0) is 15.1 Å². The first-order valence-corrected chi connectivity index (χ1v) is 3.37. The molecule has 0 aliphatic carbocycles. The van der Waals surface area contributed by atoms with Gasteiger partial charge in [0.15, 0.2) is 0 Å². The number of carboxylic acid groups (broad SMARTS) is 1. The molecule has 66 valence electrons. The van der Waals surface area contributed by atoms with Gasteiger partial charge in [0.05, 0.1) is 6.26 Å². The summed E-state index contributed by atoms with van der Waals surface area (Å²) in [6, 6.07) is 0.